The number of carbonyl (C=O) groups excluding carboxylic acids is 3. The van der Waals surface area contributed by atoms with E-state index in [1.807, 2.05) is 0 Å². The van der Waals surface area contributed by atoms with Gasteiger partial charge in [0, 0.05) is 18.9 Å². The van der Waals surface area contributed by atoms with Crippen LogP contribution >= 0.6 is 0 Å². The lowest BCUT2D eigenvalue weighted by Crippen LogP contribution is -2.41. The predicted octanol–water partition coefficient (Wildman–Crippen LogP) is 1.77. The number of rotatable bonds is 6. The largest absolute Gasteiger partial charge is 0.468 e. The van der Waals surface area contributed by atoms with E-state index in [0.717, 1.165) is 0 Å². The van der Waals surface area contributed by atoms with Crippen molar-refractivity contribution in [1.29, 1.82) is 0 Å². The van der Waals surface area contributed by atoms with Gasteiger partial charge in [-0.25, -0.2) is 0 Å². The highest BCUT2D eigenvalue weighted by atomic mass is 16.5. The van der Waals surface area contributed by atoms with E-state index in [9.17, 15) is 14.4 Å². The molecule has 0 aromatic carbocycles. The minimum Gasteiger partial charge on any atom is -0.468 e. The molecule has 0 fully saturated rings. The molecule has 5 heteroatoms. The third-order valence-corrected chi connectivity index (χ3v) is 3.11. The Balaban J connectivity index is 5.17. The molecule has 0 aliphatic rings. The molecule has 1 unspecified atom stereocenters. The molecule has 0 saturated heterocycles. The first-order chi connectivity index (χ1) is 8.47. The summed E-state index contributed by atoms with van der Waals surface area (Å²) in [6, 6.07) is 0. The topological polar surface area (TPSA) is 69.7 Å². The van der Waals surface area contributed by atoms with E-state index < -0.39 is 22.9 Å². The van der Waals surface area contributed by atoms with E-state index in [4.69, 9.17) is 4.74 Å². The van der Waals surface area contributed by atoms with Crippen LogP contribution < -0.4 is 0 Å². The fourth-order valence-corrected chi connectivity index (χ4v) is 1.49. The van der Waals surface area contributed by atoms with Crippen LogP contribution in [0.15, 0.2) is 0 Å². The molecule has 0 aliphatic heterocycles. The van der Waals surface area contributed by atoms with E-state index in [2.05, 4.69) is 4.74 Å². The van der Waals surface area contributed by atoms with Crippen molar-refractivity contribution in [3.63, 3.8) is 0 Å². The van der Waals surface area contributed by atoms with Crippen molar-refractivity contribution >= 4 is 17.5 Å². The average Bonchev–Trinajstić information content (AvgIpc) is 2.32. The Labute approximate surface area is 114 Å². The second kappa shape index (κ2) is 6.28. The first-order valence-corrected chi connectivity index (χ1v) is 6.18. The number of methoxy groups -OCH3 is 2. The van der Waals surface area contributed by atoms with Crippen LogP contribution in [0, 0.1) is 11.3 Å². The van der Waals surface area contributed by atoms with E-state index in [0.29, 0.717) is 0 Å². The van der Waals surface area contributed by atoms with Gasteiger partial charge >= 0.3 is 5.97 Å². The fourth-order valence-electron chi connectivity index (χ4n) is 1.49. The zero-order valence-corrected chi connectivity index (χ0v) is 12.8. The molecule has 0 rings (SSSR count). The molecule has 0 spiro atoms. The number of hydrogen-bond acceptors (Lipinski definition) is 5. The van der Waals surface area contributed by atoms with Crippen LogP contribution in [0.3, 0.4) is 0 Å². The summed E-state index contributed by atoms with van der Waals surface area (Å²) in [4.78, 5) is 36.0. The quantitative estimate of drug-likeness (QED) is 0.544. The molecule has 0 amide bonds. The Morgan fingerprint density at radius 2 is 1.47 bits per heavy atom. The Bertz CT molecular complexity index is 363. The Kier molecular flexibility index (Phi) is 5.87. The summed E-state index contributed by atoms with van der Waals surface area (Å²) in [5.41, 5.74) is -1.74. The van der Waals surface area contributed by atoms with Gasteiger partial charge in [-0.2, -0.15) is 0 Å². The van der Waals surface area contributed by atoms with Crippen molar-refractivity contribution < 1.29 is 23.9 Å². The third-order valence-electron chi connectivity index (χ3n) is 3.11. The summed E-state index contributed by atoms with van der Waals surface area (Å²) in [6.07, 6.45) is -0.205. The minimum atomic E-state index is -1.08. The van der Waals surface area contributed by atoms with Crippen molar-refractivity contribution in [2.45, 2.75) is 46.6 Å². The third kappa shape index (κ3) is 4.74. The molecule has 0 saturated carbocycles. The smallest absolute Gasteiger partial charge is 0.316 e. The summed E-state index contributed by atoms with van der Waals surface area (Å²) < 4.78 is 9.69. The number of hydrogen-bond donors (Lipinski definition) is 0. The van der Waals surface area contributed by atoms with Gasteiger partial charge in [-0.15, -0.1) is 0 Å². The Morgan fingerprint density at radius 1 is 1.00 bits per heavy atom. The van der Waals surface area contributed by atoms with E-state index in [1.165, 1.54) is 14.2 Å². The van der Waals surface area contributed by atoms with Crippen molar-refractivity contribution in [2.75, 3.05) is 14.2 Å². The zero-order valence-electron chi connectivity index (χ0n) is 12.8. The SMILES string of the molecule is COC(=O)C(CC(=O)C(C)(C)OC)C(=O)C(C)(C)C. The standard InChI is InChI=1S/C14H24O5/c1-13(2,3)11(16)9(12(17)18-6)8-10(15)14(4,5)19-7/h9H,8H2,1-7H3. The van der Waals surface area contributed by atoms with Gasteiger partial charge in [0.15, 0.2) is 11.6 Å². The molecule has 0 N–H and O–H groups in total. The maximum Gasteiger partial charge on any atom is 0.316 e. The number of Topliss-reactive ketones (excluding diaryl/α,β-unsaturated/α-hetero) is 2. The summed E-state index contributed by atoms with van der Waals surface area (Å²) in [5.74, 6) is -2.37. The molecule has 1 atom stereocenters. The predicted molar refractivity (Wildman–Crippen MR) is 70.7 cm³/mol. The lowest BCUT2D eigenvalue weighted by molar-refractivity contribution is -0.156. The van der Waals surface area contributed by atoms with Crippen molar-refractivity contribution in [2.24, 2.45) is 11.3 Å². The molecule has 0 radical (unpaired) electrons. The van der Waals surface area contributed by atoms with Gasteiger partial charge in [-0.1, -0.05) is 20.8 Å². The van der Waals surface area contributed by atoms with Gasteiger partial charge in [0.25, 0.3) is 0 Å². The van der Waals surface area contributed by atoms with E-state index in [1.54, 1.807) is 34.6 Å². The molecule has 0 aliphatic carbocycles. The molecular weight excluding hydrogens is 248 g/mol. The normalized spacial score (nSPS) is 13.8. The molecule has 5 nitrogen and oxygen atoms in total. The van der Waals surface area contributed by atoms with Gasteiger partial charge in [-0.3, -0.25) is 14.4 Å². The summed E-state index contributed by atoms with van der Waals surface area (Å²) in [5, 5.41) is 0. The zero-order chi connectivity index (χ0) is 15.4. The first kappa shape index (κ1) is 17.8. The van der Waals surface area contributed by atoms with Crippen molar-refractivity contribution in [3.05, 3.63) is 0 Å². The van der Waals surface area contributed by atoms with Crippen LogP contribution in [0.1, 0.15) is 41.0 Å². The number of ketones is 2. The van der Waals surface area contributed by atoms with Crippen LogP contribution in [0.5, 0.6) is 0 Å². The van der Waals surface area contributed by atoms with Gasteiger partial charge in [0.2, 0.25) is 0 Å². The first-order valence-electron chi connectivity index (χ1n) is 6.18. The van der Waals surface area contributed by atoms with Gasteiger partial charge < -0.3 is 9.47 Å². The van der Waals surface area contributed by atoms with Gasteiger partial charge in [-0.05, 0) is 13.8 Å². The lowest BCUT2D eigenvalue weighted by atomic mass is 9.79. The maximum atomic E-state index is 12.2. The van der Waals surface area contributed by atoms with Crippen LogP contribution in [-0.4, -0.2) is 37.4 Å². The number of ether oxygens (including phenoxy) is 2. The molecular formula is C14H24O5. The molecule has 0 aromatic rings. The average molecular weight is 272 g/mol. The molecule has 19 heavy (non-hydrogen) atoms. The summed E-state index contributed by atoms with van der Waals surface area (Å²) >= 11 is 0. The van der Waals surface area contributed by atoms with Crippen molar-refractivity contribution in [1.82, 2.24) is 0 Å². The second-order valence-corrected chi connectivity index (χ2v) is 6.03. The van der Waals surface area contributed by atoms with Crippen molar-refractivity contribution in [3.8, 4) is 0 Å². The number of esters is 1. The van der Waals surface area contributed by atoms with E-state index in [-0.39, 0.29) is 18.0 Å². The summed E-state index contributed by atoms with van der Waals surface area (Å²) in [7, 11) is 2.62. The Hall–Kier alpha value is -1.23. The molecule has 110 valence electrons. The number of carbonyl (C=O) groups is 3. The van der Waals surface area contributed by atoms with Crippen LogP contribution in [0.4, 0.5) is 0 Å². The van der Waals surface area contributed by atoms with Crippen LogP contribution in [-0.2, 0) is 23.9 Å². The lowest BCUT2D eigenvalue weighted by Gasteiger charge is -2.26. The highest BCUT2D eigenvalue weighted by Gasteiger charge is 2.39. The van der Waals surface area contributed by atoms with E-state index >= 15 is 0 Å². The Morgan fingerprint density at radius 3 is 1.79 bits per heavy atom. The second-order valence-electron chi connectivity index (χ2n) is 6.03. The molecule has 0 heterocycles. The molecule has 0 aromatic heterocycles. The van der Waals surface area contributed by atoms with Gasteiger partial charge in [0.05, 0.1) is 7.11 Å². The highest BCUT2D eigenvalue weighted by Crippen LogP contribution is 2.25. The van der Waals surface area contributed by atoms with Crippen LogP contribution in [0.2, 0.25) is 0 Å². The monoisotopic (exact) mass is 272 g/mol. The highest BCUT2D eigenvalue weighted by molar-refractivity contribution is 6.05. The fraction of sp³-hybridized carbons (Fsp3) is 0.786. The maximum absolute atomic E-state index is 12.2. The molecule has 0 bridgehead atoms. The van der Waals surface area contributed by atoms with Crippen LogP contribution in [0.25, 0.3) is 0 Å². The van der Waals surface area contributed by atoms with Gasteiger partial charge in [0.1, 0.15) is 11.5 Å². The summed E-state index contributed by atoms with van der Waals surface area (Å²) in [6.45, 7) is 8.32. The minimum absolute atomic E-state index is 0.205.